The van der Waals surface area contributed by atoms with E-state index < -0.39 is 0 Å². The molecule has 1 heterocycles. The minimum absolute atomic E-state index is 0.556. The van der Waals surface area contributed by atoms with Crippen molar-refractivity contribution in [2.45, 2.75) is 26.4 Å². The highest BCUT2D eigenvalue weighted by molar-refractivity contribution is 6.35. The number of benzene rings is 1. The van der Waals surface area contributed by atoms with Crippen molar-refractivity contribution in [3.05, 3.63) is 33.8 Å². The molecule has 1 aromatic carbocycles. The van der Waals surface area contributed by atoms with Gasteiger partial charge in [0.05, 0.1) is 0 Å². The second kappa shape index (κ2) is 6.25. The quantitative estimate of drug-likeness (QED) is 0.916. The summed E-state index contributed by atoms with van der Waals surface area (Å²) >= 11 is 12.4. The van der Waals surface area contributed by atoms with Crippen LogP contribution >= 0.6 is 23.2 Å². The summed E-state index contributed by atoms with van der Waals surface area (Å²) in [6.45, 7) is 8.48. The molecule has 1 saturated heterocycles. The van der Waals surface area contributed by atoms with Crippen LogP contribution in [0.1, 0.15) is 19.4 Å². The molecule has 2 rings (SSSR count). The summed E-state index contributed by atoms with van der Waals surface area (Å²) in [5.41, 5.74) is 1.05. The van der Waals surface area contributed by atoms with Crippen LogP contribution in [0.4, 0.5) is 0 Å². The number of nitrogens with zero attached hydrogens (tertiary/aromatic N) is 1. The number of nitrogens with one attached hydrogen (secondary N) is 1. The zero-order valence-electron chi connectivity index (χ0n) is 10.9. The van der Waals surface area contributed by atoms with Crippen molar-refractivity contribution >= 4 is 23.2 Å². The van der Waals surface area contributed by atoms with Gasteiger partial charge >= 0.3 is 0 Å². The molecular formula is C14H20Cl2N2. The van der Waals surface area contributed by atoms with Gasteiger partial charge in [0.15, 0.2) is 0 Å². The van der Waals surface area contributed by atoms with Crippen molar-refractivity contribution < 1.29 is 0 Å². The Kier molecular flexibility index (Phi) is 4.91. The van der Waals surface area contributed by atoms with Gasteiger partial charge in [0.25, 0.3) is 0 Å². The topological polar surface area (TPSA) is 15.3 Å². The Morgan fingerprint density at radius 2 is 2.00 bits per heavy atom. The van der Waals surface area contributed by atoms with Crippen LogP contribution in [0.25, 0.3) is 0 Å². The van der Waals surface area contributed by atoms with E-state index >= 15 is 0 Å². The number of halogens is 2. The van der Waals surface area contributed by atoms with E-state index in [9.17, 15) is 0 Å². The maximum absolute atomic E-state index is 6.22. The Balaban J connectivity index is 2.05. The van der Waals surface area contributed by atoms with E-state index in [1.54, 1.807) is 0 Å². The van der Waals surface area contributed by atoms with E-state index in [1.165, 1.54) is 0 Å². The molecule has 0 spiro atoms. The summed E-state index contributed by atoms with van der Waals surface area (Å²) in [6, 6.07) is 6.26. The van der Waals surface area contributed by atoms with E-state index in [1.807, 2.05) is 18.2 Å². The summed E-state index contributed by atoms with van der Waals surface area (Å²) in [4.78, 5) is 2.42. The number of rotatable bonds is 3. The van der Waals surface area contributed by atoms with Crippen LogP contribution in [-0.4, -0.2) is 30.6 Å². The third kappa shape index (κ3) is 3.39. The smallest absolute Gasteiger partial charge is 0.0465 e. The van der Waals surface area contributed by atoms with E-state index in [0.717, 1.165) is 41.8 Å². The molecule has 0 radical (unpaired) electrons. The van der Waals surface area contributed by atoms with Gasteiger partial charge in [0, 0.05) is 47.8 Å². The number of hydrogen-bond acceptors (Lipinski definition) is 2. The highest BCUT2D eigenvalue weighted by Crippen LogP contribution is 2.26. The molecule has 4 heteroatoms. The molecule has 1 N–H and O–H groups in total. The first kappa shape index (κ1) is 14.1. The zero-order valence-corrected chi connectivity index (χ0v) is 12.4. The molecule has 100 valence electrons. The van der Waals surface area contributed by atoms with E-state index in [-0.39, 0.29) is 0 Å². The lowest BCUT2D eigenvalue weighted by Crippen LogP contribution is -2.52. The predicted molar refractivity (Wildman–Crippen MR) is 78.4 cm³/mol. The first-order chi connectivity index (χ1) is 8.58. The fourth-order valence-electron chi connectivity index (χ4n) is 2.34. The van der Waals surface area contributed by atoms with Crippen LogP contribution in [0, 0.1) is 5.92 Å². The summed E-state index contributed by atoms with van der Waals surface area (Å²) in [5, 5.41) is 5.09. The lowest BCUT2D eigenvalue weighted by Gasteiger charge is -2.36. The molecule has 1 unspecified atom stereocenters. The molecule has 0 aliphatic carbocycles. The molecule has 0 saturated carbocycles. The highest BCUT2D eigenvalue weighted by Gasteiger charge is 2.22. The van der Waals surface area contributed by atoms with Crippen molar-refractivity contribution in [1.29, 1.82) is 0 Å². The third-order valence-electron chi connectivity index (χ3n) is 3.54. The summed E-state index contributed by atoms with van der Waals surface area (Å²) in [7, 11) is 0. The molecule has 0 amide bonds. The van der Waals surface area contributed by atoms with E-state index in [4.69, 9.17) is 23.2 Å². The van der Waals surface area contributed by atoms with Crippen molar-refractivity contribution in [3.8, 4) is 0 Å². The minimum Gasteiger partial charge on any atom is -0.311 e. The van der Waals surface area contributed by atoms with Gasteiger partial charge in [0.1, 0.15) is 0 Å². The Bertz CT molecular complexity index is 387. The number of hydrogen-bond donors (Lipinski definition) is 1. The molecule has 1 aliphatic rings. The molecule has 1 aliphatic heterocycles. The van der Waals surface area contributed by atoms with Gasteiger partial charge in [-0.1, -0.05) is 43.1 Å². The lowest BCUT2D eigenvalue weighted by molar-refractivity contribution is 0.168. The molecule has 0 aromatic heterocycles. The van der Waals surface area contributed by atoms with Gasteiger partial charge < -0.3 is 5.32 Å². The predicted octanol–water partition coefficient (Wildman–Crippen LogP) is 3.42. The molecule has 1 aromatic rings. The van der Waals surface area contributed by atoms with Crippen LogP contribution in [0.3, 0.4) is 0 Å². The average molecular weight is 287 g/mol. The van der Waals surface area contributed by atoms with E-state index in [2.05, 4.69) is 24.1 Å². The maximum Gasteiger partial charge on any atom is 0.0465 e. The largest absolute Gasteiger partial charge is 0.311 e. The molecule has 1 fully saturated rings. The summed E-state index contributed by atoms with van der Waals surface area (Å²) < 4.78 is 0. The van der Waals surface area contributed by atoms with Gasteiger partial charge in [-0.2, -0.15) is 0 Å². The average Bonchev–Trinajstić information content (AvgIpc) is 2.34. The van der Waals surface area contributed by atoms with Crippen LogP contribution < -0.4 is 5.32 Å². The van der Waals surface area contributed by atoms with Crippen LogP contribution in [0.2, 0.25) is 10.0 Å². The molecule has 1 atom stereocenters. The zero-order chi connectivity index (χ0) is 13.1. The van der Waals surface area contributed by atoms with E-state index in [0.29, 0.717) is 12.0 Å². The van der Waals surface area contributed by atoms with Crippen molar-refractivity contribution in [3.63, 3.8) is 0 Å². The molecular weight excluding hydrogens is 267 g/mol. The fourth-order valence-corrected chi connectivity index (χ4v) is 2.86. The van der Waals surface area contributed by atoms with Gasteiger partial charge in [0.2, 0.25) is 0 Å². The Morgan fingerprint density at radius 3 is 2.61 bits per heavy atom. The molecule has 2 nitrogen and oxygen atoms in total. The van der Waals surface area contributed by atoms with Crippen molar-refractivity contribution in [2.75, 3.05) is 19.6 Å². The second-order valence-electron chi connectivity index (χ2n) is 5.24. The van der Waals surface area contributed by atoms with Gasteiger partial charge in [-0.3, -0.25) is 4.90 Å². The van der Waals surface area contributed by atoms with Gasteiger partial charge in [-0.25, -0.2) is 0 Å². The highest BCUT2D eigenvalue weighted by atomic mass is 35.5. The Morgan fingerprint density at radius 1 is 1.33 bits per heavy atom. The molecule has 18 heavy (non-hydrogen) atoms. The third-order valence-corrected chi connectivity index (χ3v) is 4.25. The first-order valence-corrected chi connectivity index (χ1v) is 7.22. The SMILES string of the molecule is CC(C)C1CN(Cc2c(Cl)cccc2Cl)CCN1. The van der Waals surface area contributed by atoms with Crippen molar-refractivity contribution in [2.24, 2.45) is 5.92 Å². The summed E-state index contributed by atoms with van der Waals surface area (Å²) in [6.07, 6.45) is 0. The summed E-state index contributed by atoms with van der Waals surface area (Å²) in [5.74, 6) is 0.648. The first-order valence-electron chi connectivity index (χ1n) is 6.46. The molecule has 0 bridgehead atoms. The minimum atomic E-state index is 0.556. The number of piperazine rings is 1. The van der Waals surface area contributed by atoms with Crippen molar-refractivity contribution in [1.82, 2.24) is 10.2 Å². The standard InChI is InChI=1S/C14H20Cl2N2/c1-10(2)14-9-18(7-6-17-14)8-11-12(15)4-3-5-13(11)16/h3-5,10,14,17H,6-9H2,1-2H3. The van der Waals surface area contributed by atoms with Gasteiger partial charge in [-0.15, -0.1) is 0 Å². The second-order valence-corrected chi connectivity index (χ2v) is 6.05. The lowest BCUT2D eigenvalue weighted by atomic mass is 10.0. The monoisotopic (exact) mass is 286 g/mol. The van der Waals surface area contributed by atoms with Crippen LogP contribution in [-0.2, 0) is 6.54 Å². The van der Waals surface area contributed by atoms with Crippen LogP contribution in [0.5, 0.6) is 0 Å². The van der Waals surface area contributed by atoms with Gasteiger partial charge in [-0.05, 0) is 18.1 Å². The Hall–Kier alpha value is -0.280. The Labute approximate surface area is 119 Å². The fraction of sp³-hybridized carbons (Fsp3) is 0.571. The normalized spacial score (nSPS) is 21.5. The van der Waals surface area contributed by atoms with Crippen LogP contribution in [0.15, 0.2) is 18.2 Å². The maximum atomic E-state index is 6.22.